The van der Waals surface area contributed by atoms with Gasteiger partial charge in [-0.3, -0.25) is 14.2 Å². The molecule has 0 bridgehead atoms. The number of ether oxygens (including phenoxy) is 1. The third-order valence-electron chi connectivity index (χ3n) is 5.44. The summed E-state index contributed by atoms with van der Waals surface area (Å²) >= 11 is 0. The number of hydrogen-bond donors (Lipinski definition) is 0. The van der Waals surface area contributed by atoms with E-state index in [2.05, 4.69) is 4.98 Å². The Morgan fingerprint density at radius 3 is 2.81 bits per heavy atom. The summed E-state index contributed by atoms with van der Waals surface area (Å²) in [6.07, 6.45) is 6.75. The number of aromatic nitrogens is 2. The molecule has 2 aliphatic rings. The number of rotatable bonds is 4. The Bertz CT molecular complexity index is 886. The van der Waals surface area contributed by atoms with Gasteiger partial charge in [-0.25, -0.2) is 4.98 Å². The molecule has 0 saturated heterocycles. The monoisotopic (exact) mass is 353 g/mol. The van der Waals surface area contributed by atoms with E-state index >= 15 is 0 Å². The molecule has 136 valence electrons. The molecular weight excluding hydrogens is 330 g/mol. The highest BCUT2D eigenvalue weighted by Crippen LogP contribution is 2.34. The van der Waals surface area contributed by atoms with E-state index in [1.54, 1.807) is 18.1 Å². The predicted octanol–water partition coefficient (Wildman–Crippen LogP) is 2.50. The predicted molar refractivity (Wildman–Crippen MR) is 98.8 cm³/mol. The van der Waals surface area contributed by atoms with Crippen LogP contribution >= 0.6 is 0 Å². The highest BCUT2D eigenvalue weighted by molar-refractivity contribution is 5.94. The summed E-state index contributed by atoms with van der Waals surface area (Å²) in [5.74, 6) is 1.12. The number of amides is 1. The van der Waals surface area contributed by atoms with E-state index in [4.69, 9.17) is 4.74 Å². The summed E-state index contributed by atoms with van der Waals surface area (Å²) in [6.45, 7) is 0.683. The van der Waals surface area contributed by atoms with Crippen LogP contribution in [0.1, 0.15) is 42.9 Å². The molecule has 1 aliphatic heterocycles. The molecule has 6 heteroatoms. The summed E-state index contributed by atoms with van der Waals surface area (Å²) in [5, 5.41) is 0. The van der Waals surface area contributed by atoms with Gasteiger partial charge in [-0.2, -0.15) is 0 Å². The van der Waals surface area contributed by atoms with Gasteiger partial charge in [0, 0.05) is 24.2 Å². The molecule has 1 aromatic heterocycles. The lowest BCUT2D eigenvalue weighted by molar-refractivity contribution is -0.119. The second kappa shape index (κ2) is 6.94. The standard InChI is InChI=1S/C20H23N3O3/c1-26-16-7-8-18-15(10-16)6-3-9-23(18)20(25)12-22-13-21-17(11-19(22)24)14-4-2-5-14/h7-8,10-11,13-14H,2-6,9,12H2,1H3. The van der Waals surface area contributed by atoms with Crippen molar-refractivity contribution in [3.05, 3.63) is 52.2 Å². The van der Waals surface area contributed by atoms with Gasteiger partial charge in [-0.05, 0) is 49.4 Å². The van der Waals surface area contributed by atoms with E-state index in [-0.39, 0.29) is 18.0 Å². The van der Waals surface area contributed by atoms with E-state index in [0.717, 1.165) is 48.4 Å². The second-order valence-electron chi connectivity index (χ2n) is 7.05. The second-order valence-corrected chi connectivity index (χ2v) is 7.05. The van der Waals surface area contributed by atoms with E-state index in [1.165, 1.54) is 17.3 Å². The molecule has 1 amide bonds. The van der Waals surface area contributed by atoms with Crippen molar-refractivity contribution in [3.8, 4) is 5.75 Å². The molecule has 0 spiro atoms. The van der Waals surface area contributed by atoms with Gasteiger partial charge in [0.2, 0.25) is 5.91 Å². The van der Waals surface area contributed by atoms with Gasteiger partial charge in [-0.15, -0.1) is 0 Å². The first-order chi connectivity index (χ1) is 12.7. The van der Waals surface area contributed by atoms with Gasteiger partial charge in [0.15, 0.2) is 0 Å². The molecule has 26 heavy (non-hydrogen) atoms. The quantitative estimate of drug-likeness (QED) is 0.847. The highest BCUT2D eigenvalue weighted by Gasteiger charge is 2.24. The number of fused-ring (bicyclic) bond motifs is 1. The van der Waals surface area contributed by atoms with E-state index < -0.39 is 0 Å². The minimum absolute atomic E-state index is 0.0161. The fourth-order valence-corrected chi connectivity index (χ4v) is 3.68. The molecule has 0 atom stereocenters. The Morgan fingerprint density at radius 1 is 1.27 bits per heavy atom. The van der Waals surface area contributed by atoms with Crippen LogP contribution < -0.4 is 15.2 Å². The number of hydrogen-bond acceptors (Lipinski definition) is 4. The normalized spacial score (nSPS) is 16.7. The van der Waals surface area contributed by atoms with Gasteiger partial charge in [0.05, 0.1) is 19.1 Å². The lowest BCUT2D eigenvalue weighted by Gasteiger charge is -2.30. The van der Waals surface area contributed by atoms with Crippen molar-refractivity contribution in [2.75, 3.05) is 18.6 Å². The molecule has 0 unspecified atom stereocenters. The van der Waals surface area contributed by atoms with Crippen LogP contribution in [0.2, 0.25) is 0 Å². The number of carbonyl (C=O) groups is 1. The lowest BCUT2D eigenvalue weighted by atomic mass is 9.83. The SMILES string of the molecule is COc1ccc2c(c1)CCCN2C(=O)Cn1cnc(C2CCC2)cc1=O. The summed E-state index contributed by atoms with van der Waals surface area (Å²) in [4.78, 5) is 31.4. The van der Waals surface area contributed by atoms with Crippen molar-refractivity contribution in [2.45, 2.75) is 44.6 Å². The van der Waals surface area contributed by atoms with Crippen molar-refractivity contribution in [3.63, 3.8) is 0 Å². The van der Waals surface area contributed by atoms with E-state index in [9.17, 15) is 9.59 Å². The Balaban J connectivity index is 1.53. The Labute approximate surface area is 152 Å². The molecule has 1 aliphatic carbocycles. The summed E-state index contributed by atoms with van der Waals surface area (Å²) in [6, 6.07) is 7.36. The van der Waals surface area contributed by atoms with Gasteiger partial charge in [0.1, 0.15) is 12.3 Å². The first-order valence-electron chi connectivity index (χ1n) is 9.19. The highest BCUT2D eigenvalue weighted by atomic mass is 16.5. The zero-order valence-corrected chi connectivity index (χ0v) is 15.0. The van der Waals surface area contributed by atoms with Gasteiger partial charge in [0.25, 0.3) is 5.56 Å². The maximum absolute atomic E-state index is 12.8. The molecule has 1 fully saturated rings. The molecule has 1 saturated carbocycles. The Morgan fingerprint density at radius 2 is 2.12 bits per heavy atom. The van der Waals surface area contributed by atoms with Crippen LogP contribution in [-0.4, -0.2) is 29.1 Å². The fourth-order valence-electron chi connectivity index (χ4n) is 3.68. The van der Waals surface area contributed by atoms with Crippen LogP contribution in [0.4, 0.5) is 5.69 Å². The van der Waals surface area contributed by atoms with E-state index in [1.807, 2.05) is 18.2 Å². The van der Waals surface area contributed by atoms with Gasteiger partial charge < -0.3 is 9.64 Å². The van der Waals surface area contributed by atoms with Crippen LogP contribution in [-0.2, 0) is 17.8 Å². The largest absolute Gasteiger partial charge is 0.497 e. The summed E-state index contributed by atoms with van der Waals surface area (Å²) in [7, 11) is 1.64. The fraction of sp³-hybridized carbons (Fsp3) is 0.450. The Kier molecular flexibility index (Phi) is 4.49. The molecular formula is C20H23N3O3. The number of carbonyl (C=O) groups excluding carboxylic acids is 1. The van der Waals surface area contributed by atoms with Crippen molar-refractivity contribution in [1.82, 2.24) is 9.55 Å². The number of methoxy groups -OCH3 is 1. The first kappa shape index (κ1) is 16.8. The molecule has 0 radical (unpaired) electrons. The van der Waals surface area contributed by atoms with Crippen LogP contribution in [0.25, 0.3) is 0 Å². The maximum Gasteiger partial charge on any atom is 0.254 e. The van der Waals surface area contributed by atoms with Crippen molar-refractivity contribution in [2.24, 2.45) is 0 Å². The number of aryl methyl sites for hydroxylation is 1. The minimum atomic E-state index is -0.151. The van der Waals surface area contributed by atoms with Crippen LogP contribution in [0.5, 0.6) is 5.75 Å². The number of benzene rings is 1. The Hall–Kier alpha value is -2.63. The molecule has 6 nitrogen and oxygen atoms in total. The maximum atomic E-state index is 12.8. The molecule has 2 heterocycles. The van der Waals surface area contributed by atoms with Crippen molar-refractivity contribution >= 4 is 11.6 Å². The van der Waals surface area contributed by atoms with Crippen LogP contribution in [0, 0.1) is 0 Å². The zero-order valence-electron chi connectivity index (χ0n) is 15.0. The number of anilines is 1. The first-order valence-corrected chi connectivity index (χ1v) is 9.19. The molecule has 0 N–H and O–H groups in total. The smallest absolute Gasteiger partial charge is 0.254 e. The van der Waals surface area contributed by atoms with Gasteiger partial charge in [-0.1, -0.05) is 6.42 Å². The van der Waals surface area contributed by atoms with Crippen molar-refractivity contribution in [1.29, 1.82) is 0 Å². The average Bonchev–Trinajstić information content (AvgIpc) is 2.61. The average molecular weight is 353 g/mol. The molecule has 4 rings (SSSR count). The van der Waals surface area contributed by atoms with Crippen LogP contribution in [0.3, 0.4) is 0 Å². The third kappa shape index (κ3) is 3.11. The molecule has 2 aromatic rings. The lowest BCUT2D eigenvalue weighted by Crippen LogP contribution is -2.39. The third-order valence-corrected chi connectivity index (χ3v) is 5.44. The summed E-state index contributed by atoms with van der Waals surface area (Å²) in [5.41, 5.74) is 2.73. The topological polar surface area (TPSA) is 64.4 Å². The zero-order chi connectivity index (χ0) is 18.1. The van der Waals surface area contributed by atoms with Gasteiger partial charge >= 0.3 is 0 Å². The van der Waals surface area contributed by atoms with E-state index in [0.29, 0.717) is 12.5 Å². The van der Waals surface area contributed by atoms with Crippen molar-refractivity contribution < 1.29 is 9.53 Å². The van der Waals surface area contributed by atoms with Crippen LogP contribution in [0.15, 0.2) is 35.4 Å². The number of nitrogens with zero attached hydrogens (tertiary/aromatic N) is 3. The molecule has 1 aromatic carbocycles. The minimum Gasteiger partial charge on any atom is -0.497 e. The summed E-state index contributed by atoms with van der Waals surface area (Å²) < 4.78 is 6.68.